The predicted molar refractivity (Wildman–Crippen MR) is 250 cm³/mol. The van der Waals surface area contributed by atoms with Crippen LogP contribution in [0.25, 0.3) is 89.3 Å². The van der Waals surface area contributed by atoms with Crippen LogP contribution in [-0.2, 0) is 10.8 Å². The van der Waals surface area contributed by atoms with Crippen LogP contribution in [0, 0.1) is 0 Å². The Labute approximate surface area is 358 Å². The summed E-state index contributed by atoms with van der Waals surface area (Å²) in [6, 6.07) is 70.1. The Balaban J connectivity index is 0.974. The quantitative estimate of drug-likeness (QED) is 0.178. The van der Waals surface area contributed by atoms with Gasteiger partial charge in [-0.3, -0.25) is 0 Å². The Bertz CT molecular complexity index is 3420. The van der Waals surface area contributed by atoms with E-state index in [0.717, 1.165) is 50.0 Å². The summed E-state index contributed by atoms with van der Waals surface area (Å²) in [4.78, 5) is 9.73. The Morgan fingerprint density at radius 3 is 1.37 bits per heavy atom. The van der Waals surface area contributed by atoms with E-state index in [4.69, 9.17) is 18.8 Å². The van der Waals surface area contributed by atoms with Crippen LogP contribution >= 0.6 is 0 Å². The van der Waals surface area contributed by atoms with Crippen LogP contribution in [0.2, 0.25) is 0 Å². The van der Waals surface area contributed by atoms with Crippen molar-refractivity contribution >= 4 is 33.0 Å². The fourth-order valence-electron chi connectivity index (χ4n) is 10.7. The van der Waals surface area contributed by atoms with Gasteiger partial charge in [0.15, 0.2) is 11.2 Å². The van der Waals surface area contributed by atoms with Crippen molar-refractivity contribution in [3.63, 3.8) is 0 Å². The second-order valence-electron chi connectivity index (χ2n) is 17.3. The predicted octanol–water partition coefficient (Wildman–Crippen LogP) is 14.8. The van der Waals surface area contributed by atoms with Gasteiger partial charge in [-0.15, -0.1) is 0 Å². The maximum absolute atomic E-state index is 6.29. The van der Waals surface area contributed by atoms with Crippen molar-refractivity contribution in [3.05, 3.63) is 228 Å². The number of hydrogen-bond donors (Lipinski definition) is 0. The molecule has 4 nitrogen and oxygen atoms in total. The molecular formula is C58H38N2O2. The highest BCUT2D eigenvalue weighted by molar-refractivity contribution is 5.97. The van der Waals surface area contributed by atoms with E-state index in [1.165, 1.54) is 60.8 Å². The van der Waals surface area contributed by atoms with E-state index in [2.05, 4.69) is 159 Å². The molecule has 0 N–H and O–H groups in total. The summed E-state index contributed by atoms with van der Waals surface area (Å²) >= 11 is 0. The third kappa shape index (κ3) is 4.95. The molecule has 11 aromatic rings. The second-order valence-corrected chi connectivity index (χ2v) is 17.3. The Morgan fingerprint density at radius 1 is 0.339 bits per heavy atom. The van der Waals surface area contributed by atoms with Crippen LogP contribution in [0.4, 0.5) is 0 Å². The summed E-state index contributed by atoms with van der Waals surface area (Å²) in [5.74, 6) is 1.11. The van der Waals surface area contributed by atoms with Crippen molar-refractivity contribution < 1.29 is 8.83 Å². The molecule has 0 saturated heterocycles. The van der Waals surface area contributed by atoms with Gasteiger partial charge in [-0.05, 0) is 138 Å². The van der Waals surface area contributed by atoms with Crippen LogP contribution in [0.5, 0.6) is 0 Å². The first-order chi connectivity index (χ1) is 30.4. The van der Waals surface area contributed by atoms with Crippen molar-refractivity contribution in [2.24, 2.45) is 0 Å². The highest BCUT2D eigenvalue weighted by Crippen LogP contribution is 2.63. The molecule has 62 heavy (non-hydrogen) atoms. The molecule has 0 bridgehead atoms. The number of benzene rings is 9. The minimum absolute atomic E-state index is 0.163. The lowest BCUT2D eigenvalue weighted by atomic mass is 9.55. The van der Waals surface area contributed by atoms with Gasteiger partial charge in [0.25, 0.3) is 0 Å². The number of nitrogens with zero attached hydrogens (tertiary/aromatic N) is 2. The van der Waals surface area contributed by atoms with Gasteiger partial charge in [0, 0.05) is 16.5 Å². The first-order valence-corrected chi connectivity index (χ1v) is 21.3. The maximum Gasteiger partial charge on any atom is 0.227 e. The molecule has 2 heterocycles. The minimum atomic E-state index is -0.487. The first kappa shape index (κ1) is 35.0. The Kier molecular flexibility index (Phi) is 7.25. The third-order valence-corrected chi connectivity index (χ3v) is 13.6. The summed E-state index contributed by atoms with van der Waals surface area (Å²) in [6.45, 7) is 4.76. The van der Waals surface area contributed by atoms with Gasteiger partial charge in [-0.2, -0.15) is 0 Å². The van der Waals surface area contributed by atoms with Gasteiger partial charge in [-0.1, -0.05) is 147 Å². The highest BCUT2D eigenvalue weighted by atomic mass is 16.4. The topological polar surface area (TPSA) is 52.1 Å². The number of oxazole rings is 2. The molecule has 2 aliphatic carbocycles. The summed E-state index contributed by atoms with van der Waals surface area (Å²) in [5, 5.41) is 2.51. The van der Waals surface area contributed by atoms with E-state index in [1.807, 2.05) is 48.5 Å². The molecule has 0 fully saturated rings. The zero-order valence-electron chi connectivity index (χ0n) is 34.2. The van der Waals surface area contributed by atoms with Crippen molar-refractivity contribution in [2.75, 3.05) is 0 Å². The SMILES string of the molecule is CC1(C)c2ccccc2C2(c3cc(-c4ccc(-c5cc(-c6nc7ccccc7o6)cc(-c6nc7ccccc7o6)c5)cc4)ccc3-c3cc4ccccc4cc32)c2ccccc21. The van der Waals surface area contributed by atoms with Crippen LogP contribution in [0.15, 0.2) is 203 Å². The summed E-state index contributed by atoms with van der Waals surface area (Å²) in [5.41, 5.74) is 19.3. The standard InChI is InChI=1S/C58H38N2O2/c1-57(2)45-15-5-7-17-47(45)58(48-18-8-6-16-46(48)57)49-34-39(27-28-43(49)44-32-37-13-3-4-14-38(37)33-50(44)58)35-23-25-36(26-24-35)40-29-41(55-59-51-19-9-11-21-53(51)61-55)31-42(30-40)56-60-52-20-10-12-22-54(52)62-56/h3-34H,1-2H3. The summed E-state index contributed by atoms with van der Waals surface area (Å²) < 4.78 is 12.6. The molecule has 0 amide bonds. The molecule has 0 aliphatic heterocycles. The minimum Gasteiger partial charge on any atom is -0.436 e. The molecule has 9 aromatic carbocycles. The molecule has 0 unspecified atom stereocenters. The molecule has 1 spiro atoms. The Morgan fingerprint density at radius 2 is 0.790 bits per heavy atom. The van der Waals surface area contributed by atoms with Crippen LogP contribution in [0.3, 0.4) is 0 Å². The van der Waals surface area contributed by atoms with Gasteiger partial charge in [0.2, 0.25) is 11.8 Å². The molecule has 292 valence electrons. The zero-order valence-corrected chi connectivity index (χ0v) is 34.2. The zero-order chi connectivity index (χ0) is 41.2. The van der Waals surface area contributed by atoms with E-state index in [-0.39, 0.29) is 5.41 Å². The molecular weight excluding hydrogens is 757 g/mol. The van der Waals surface area contributed by atoms with Crippen molar-refractivity contribution in [2.45, 2.75) is 24.7 Å². The van der Waals surface area contributed by atoms with Gasteiger partial charge in [-0.25, -0.2) is 9.97 Å². The molecule has 0 radical (unpaired) electrons. The van der Waals surface area contributed by atoms with E-state index in [0.29, 0.717) is 11.8 Å². The normalized spacial score (nSPS) is 14.2. The Hall–Kier alpha value is -7.82. The average molecular weight is 795 g/mol. The van der Waals surface area contributed by atoms with Crippen LogP contribution < -0.4 is 0 Å². The maximum atomic E-state index is 6.29. The summed E-state index contributed by atoms with van der Waals surface area (Å²) in [7, 11) is 0. The van der Waals surface area contributed by atoms with Crippen LogP contribution in [0.1, 0.15) is 47.2 Å². The monoisotopic (exact) mass is 794 g/mol. The highest BCUT2D eigenvalue weighted by Gasteiger charge is 2.53. The van der Waals surface area contributed by atoms with E-state index >= 15 is 0 Å². The van der Waals surface area contributed by atoms with Gasteiger partial charge in [0.1, 0.15) is 11.0 Å². The largest absolute Gasteiger partial charge is 0.436 e. The third-order valence-electron chi connectivity index (χ3n) is 13.6. The smallest absolute Gasteiger partial charge is 0.227 e. The lowest BCUT2D eigenvalue weighted by Crippen LogP contribution is -2.40. The molecule has 2 aliphatic rings. The number of fused-ring (bicyclic) bond motifs is 12. The van der Waals surface area contributed by atoms with Gasteiger partial charge in [0.05, 0.1) is 5.41 Å². The van der Waals surface area contributed by atoms with Crippen molar-refractivity contribution in [3.8, 4) is 56.3 Å². The molecule has 0 saturated carbocycles. The van der Waals surface area contributed by atoms with Crippen molar-refractivity contribution in [1.29, 1.82) is 0 Å². The van der Waals surface area contributed by atoms with E-state index < -0.39 is 5.41 Å². The average Bonchev–Trinajstić information content (AvgIpc) is 4.04. The number of hydrogen-bond acceptors (Lipinski definition) is 4. The fraction of sp³-hybridized carbons (Fsp3) is 0.0690. The summed E-state index contributed by atoms with van der Waals surface area (Å²) in [6.07, 6.45) is 0. The number of para-hydroxylation sites is 4. The van der Waals surface area contributed by atoms with Crippen LogP contribution in [-0.4, -0.2) is 9.97 Å². The first-order valence-electron chi connectivity index (χ1n) is 21.3. The van der Waals surface area contributed by atoms with Gasteiger partial charge >= 0.3 is 0 Å². The number of aromatic nitrogens is 2. The lowest BCUT2D eigenvalue weighted by molar-refractivity contribution is 0.563. The molecule has 4 heteroatoms. The van der Waals surface area contributed by atoms with Crippen molar-refractivity contribution in [1.82, 2.24) is 9.97 Å². The molecule has 2 aromatic heterocycles. The van der Waals surface area contributed by atoms with Gasteiger partial charge < -0.3 is 8.83 Å². The van der Waals surface area contributed by atoms with E-state index in [1.54, 1.807) is 0 Å². The second kappa shape index (κ2) is 12.8. The lowest BCUT2D eigenvalue weighted by Gasteiger charge is -2.46. The number of rotatable bonds is 4. The molecule has 13 rings (SSSR count). The van der Waals surface area contributed by atoms with E-state index in [9.17, 15) is 0 Å². The fourth-order valence-corrected chi connectivity index (χ4v) is 10.7. The molecule has 0 atom stereocenters.